The van der Waals surface area contributed by atoms with Gasteiger partial charge in [-0.3, -0.25) is 4.79 Å². The van der Waals surface area contributed by atoms with E-state index in [1.807, 2.05) is 7.05 Å². The number of carbonyl (C=O) groups excluding carboxylic acids is 1. The van der Waals surface area contributed by atoms with Crippen molar-refractivity contribution in [3.05, 3.63) is 0 Å². The van der Waals surface area contributed by atoms with Crippen LogP contribution >= 0.6 is 0 Å². The lowest BCUT2D eigenvalue weighted by molar-refractivity contribution is -0.148. The van der Waals surface area contributed by atoms with E-state index >= 15 is 0 Å². The number of piperidine rings is 2. The molecule has 0 bridgehead atoms. The molecule has 7 atom stereocenters. The summed E-state index contributed by atoms with van der Waals surface area (Å²) in [6.07, 6.45) is 5.50. The molecule has 0 aromatic carbocycles. The lowest BCUT2D eigenvalue weighted by Gasteiger charge is -2.50. The zero-order valence-corrected chi connectivity index (χ0v) is 13.7. The molecule has 3 aliphatic rings. The molecule has 1 aliphatic carbocycles. The van der Waals surface area contributed by atoms with Gasteiger partial charge in [0, 0.05) is 37.6 Å². The van der Waals surface area contributed by atoms with Gasteiger partial charge < -0.3 is 16.0 Å². The Balaban J connectivity index is 1.76. The lowest BCUT2D eigenvalue weighted by atomic mass is 9.66. The van der Waals surface area contributed by atoms with Gasteiger partial charge >= 0.3 is 0 Å². The largest absolute Gasteiger partial charge is 0.342 e. The zero-order valence-electron chi connectivity index (χ0n) is 13.7. The van der Waals surface area contributed by atoms with Crippen molar-refractivity contribution in [1.29, 1.82) is 0 Å². The topological polar surface area (TPSA) is 58.4 Å². The molecule has 2 aliphatic heterocycles. The Morgan fingerprint density at radius 3 is 2.71 bits per heavy atom. The van der Waals surface area contributed by atoms with Crippen LogP contribution in [0.2, 0.25) is 0 Å². The van der Waals surface area contributed by atoms with Crippen LogP contribution in [0.1, 0.15) is 46.0 Å². The molecule has 0 aromatic rings. The summed E-state index contributed by atoms with van der Waals surface area (Å²) >= 11 is 0. The molecule has 0 aromatic heterocycles. The molecule has 4 nitrogen and oxygen atoms in total. The van der Waals surface area contributed by atoms with E-state index in [2.05, 4.69) is 24.1 Å². The van der Waals surface area contributed by atoms with Crippen LogP contribution in [0.15, 0.2) is 0 Å². The Morgan fingerprint density at radius 2 is 1.95 bits per heavy atom. The third-order valence-corrected chi connectivity index (χ3v) is 6.40. The predicted molar refractivity (Wildman–Crippen MR) is 84.7 cm³/mol. The van der Waals surface area contributed by atoms with Crippen LogP contribution in [0.3, 0.4) is 0 Å². The number of rotatable bonds is 1. The lowest BCUT2D eigenvalue weighted by Crippen LogP contribution is -2.60. The van der Waals surface area contributed by atoms with Gasteiger partial charge in [-0.1, -0.05) is 6.92 Å². The standard InChI is InChI=1S/C17H31N3O/c1-10-4-5-13(18)8-14(10)15-7-12-9-19-11(2)6-16(12)20(3)17(15)21/h10-16,19H,4-9,18H2,1-3H3. The SMILES string of the molecule is CC1CC2C(CN1)CC(C1CC(N)CCC1C)C(=O)N2C. The van der Waals surface area contributed by atoms with E-state index in [1.165, 1.54) is 6.42 Å². The third kappa shape index (κ3) is 2.85. The second kappa shape index (κ2) is 5.88. The summed E-state index contributed by atoms with van der Waals surface area (Å²) in [6, 6.07) is 1.27. The maximum atomic E-state index is 12.9. The fourth-order valence-corrected chi connectivity index (χ4v) is 5.00. The quantitative estimate of drug-likeness (QED) is 0.772. The highest BCUT2D eigenvalue weighted by molar-refractivity contribution is 5.80. The molecule has 3 rings (SSSR count). The van der Waals surface area contributed by atoms with Crippen LogP contribution in [0.25, 0.3) is 0 Å². The van der Waals surface area contributed by atoms with Gasteiger partial charge in [-0.25, -0.2) is 0 Å². The molecule has 1 saturated carbocycles. The number of nitrogens with two attached hydrogens (primary N) is 1. The van der Waals surface area contributed by atoms with Crippen LogP contribution in [0, 0.1) is 23.7 Å². The third-order valence-electron chi connectivity index (χ3n) is 6.40. The number of hydrogen-bond donors (Lipinski definition) is 2. The minimum Gasteiger partial charge on any atom is -0.342 e. The highest BCUT2D eigenvalue weighted by Crippen LogP contribution is 2.42. The molecule has 4 heteroatoms. The Morgan fingerprint density at radius 1 is 1.19 bits per heavy atom. The summed E-state index contributed by atoms with van der Waals surface area (Å²) in [7, 11) is 2.03. The molecule has 3 N–H and O–H groups in total. The summed E-state index contributed by atoms with van der Waals surface area (Å²) in [6.45, 7) is 5.60. The molecule has 7 unspecified atom stereocenters. The zero-order chi connectivity index (χ0) is 15.1. The average Bonchev–Trinajstić information content (AvgIpc) is 2.46. The maximum absolute atomic E-state index is 12.9. The minimum atomic E-state index is 0.202. The Kier molecular flexibility index (Phi) is 4.28. The Bertz CT molecular complexity index is 399. The van der Waals surface area contributed by atoms with E-state index in [0.29, 0.717) is 41.8 Å². The molecule has 0 spiro atoms. The van der Waals surface area contributed by atoms with Gasteiger partial charge in [-0.05, 0) is 56.8 Å². The summed E-state index contributed by atoms with van der Waals surface area (Å²) in [5, 5.41) is 3.60. The molecule has 2 heterocycles. The van der Waals surface area contributed by atoms with Crippen molar-refractivity contribution in [2.45, 2.75) is 64.1 Å². The van der Waals surface area contributed by atoms with Crippen LogP contribution in [0.5, 0.6) is 0 Å². The molecule has 120 valence electrons. The van der Waals surface area contributed by atoms with Gasteiger partial charge in [0.15, 0.2) is 0 Å². The first-order valence-corrected chi connectivity index (χ1v) is 8.73. The van der Waals surface area contributed by atoms with E-state index in [-0.39, 0.29) is 5.92 Å². The molecule has 21 heavy (non-hydrogen) atoms. The number of carbonyl (C=O) groups is 1. The van der Waals surface area contributed by atoms with Gasteiger partial charge in [0.25, 0.3) is 0 Å². The summed E-state index contributed by atoms with van der Waals surface area (Å²) < 4.78 is 0. The molecule has 3 fully saturated rings. The van der Waals surface area contributed by atoms with Crippen LogP contribution < -0.4 is 11.1 Å². The molecular weight excluding hydrogens is 262 g/mol. The van der Waals surface area contributed by atoms with Gasteiger partial charge in [0.1, 0.15) is 0 Å². The first-order valence-electron chi connectivity index (χ1n) is 8.73. The smallest absolute Gasteiger partial charge is 0.225 e. The summed E-state index contributed by atoms with van der Waals surface area (Å²) in [4.78, 5) is 15.0. The fourth-order valence-electron chi connectivity index (χ4n) is 5.00. The fraction of sp³-hybridized carbons (Fsp3) is 0.941. The van der Waals surface area contributed by atoms with Crippen LogP contribution in [-0.2, 0) is 4.79 Å². The van der Waals surface area contributed by atoms with Gasteiger partial charge in [0.2, 0.25) is 5.91 Å². The van der Waals surface area contributed by atoms with E-state index in [1.54, 1.807) is 0 Å². The highest BCUT2D eigenvalue weighted by Gasteiger charge is 2.46. The Labute approximate surface area is 128 Å². The first-order chi connectivity index (χ1) is 9.97. The molecular formula is C17H31N3O. The van der Waals surface area contributed by atoms with Crippen LogP contribution in [-0.4, -0.2) is 42.5 Å². The minimum absolute atomic E-state index is 0.202. The normalized spacial score (nSPS) is 48.1. The van der Waals surface area contributed by atoms with Gasteiger partial charge in [-0.2, -0.15) is 0 Å². The summed E-state index contributed by atoms with van der Waals surface area (Å²) in [5.41, 5.74) is 6.19. The van der Waals surface area contributed by atoms with E-state index in [9.17, 15) is 4.79 Å². The van der Waals surface area contributed by atoms with Crippen molar-refractivity contribution in [3.8, 4) is 0 Å². The summed E-state index contributed by atoms with van der Waals surface area (Å²) in [5.74, 6) is 2.34. The maximum Gasteiger partial charge on any atom is 0.225 e. The molecule has 1 amide bonds. The highest BCUT2D eigenvalue weighted by atomic mass is 16.2. The number of hydrogen-bond acceptors (Lipinski definition) is 3. The van der Waals surface area contributed by atoms with Crippen molar-refractivity contribution in [2.24, 2.45) is 29.4 Å². The monoisotopic (exact) mass is 293 g/mol. The average molecular weight is 293 g/mol. The Hall–Kier alpha value is -0.610. The van der Waals surface area contributed by atoms with Gasteiger partial charge in [0.05, 0.1) is 0 Å². The molecule has 0 radical (unpaired) electrons. The number of fused-ring (bicyclic) bond motifs is 1. The van der Waals surface area contributed by atoms with Crippen molar-refractivity contribution >= 4 is 5.91 Å². The van der Waals surface area contributed by atoms with E-state index < -0.39 is 0 Å². The number of amides is 1. The van der Waals surface area contributed by atoms with Gasteiger partial charge in [-0.15, -0.1) is 0 Å². The van der Waals surface area contributed by atoms with Crippen LogP contribution in [0.4, 0.5) is 0 Å². The predicted octanol–water partition coefficient (Wildman–Crippen LogP) is 1.59. The number of nitrogens with zero attached hydrogens (tertiary/aromatic N) is 1. The van der Waals surface area contributed by atoms with Crippen molar-refractivity contribution < 1.29 is 4.79 Å². The van der Waals surface area contributed by atoms with Crippen molar-refractivity contribution in [3.63, 3.8) is 0 Å². The number of nitrogens with one attached hydrogen (secondary N) is 1. The van der Waals surface area contributed by atoms with E-state index in [4.69, 9.17) is 5.73 Å². The van der Waals surface area contributed by atoms with Crippen molar-refractivity contribution in [2.75, 3.05) is 13.6 Å². The number of likely N-dealkylation sites (tertiary alicyclic amines) is 1. The second-order valence-corrected chi connectivity index (χ2v) is 7.88. The molecule has 2 saturated heterocycles. The second-order valence-electron chi connectivity index (χ2n) is 7.88. The van der Waals surface area contributed by atoms with Crippen molar-refractivity contribution in [1.82, 2.24) is 10.2 Å². The van der Waals surface area contributed by atoms with E-state index in [0.717, 1.165) is 32.2 Å². The first kappa shape index (κ1) is 15.3.